The second kappa shape index (κ2) is 7.24. The summed E-state index contributed by atoms with van der Waals surface area (Å²) in [6.07, 6.45) is 5.30. The first-order chi connectivity index (χ1) is 9.67. The quantitative estimate of drug-likeness (QED) is 0.857. The second-order valence-electron chi connectivity index (χ2n) is 6.68. The van der Waals surface area contributed by atoms with E-state index in [4.69, 9.17) is 5.73 Å². The van der Waals surface area contributed by atoms with E-state index in [9.17, 15) is 0 Å². The molecule has 0 heterocycles. The van der Waals surface area contributed by atoms with Crippen LogP contribution in [0.15, 0.2) is 30.3 Å². The van der Waals surface area contributed by atoms with Crippen LogP contribution in [0.1, 0.15) is 45.1 Å². The van der Waals surface area contributed by atoms with E-state index in [0.717, 1.165) is 32.1 Å². The summed E-state index contributed by atoms with van der Waals surface area (Å²) in [7, 11) is 0. The molecule has 2 heteroatoms. The maximum atomic E-state index is 6.15. The molecule has 1 aliphatic carbocycles. The average molecular weight is 274 g/mol. The van der Waals surface area contributed by atoms with Crippen LogP contribution >= 0.6 is 0 Å². The summed E-state index contributed by atoms with van der Waals surface area (Å²) in [5.41, 5.74) is 7.92. The third-order valence-electron chi connectivity index (χ3n) is 5.02. The Kier molecular flexibility index (Phi) is 5.62. The summed E-state index contributed by atoms with van der Waals surface area (Å²) in [6, 6.07) is 10.8. The lowest BCUT2D eigenvalue weighted by Gasteiger charge is -2.42. The minimum atomic E-state index is 0.358. The van der Waals surface area contributed by atoms with Crippen molar-refractivity contribution in [3.8, 4) is 0 Å². The molecule has 112 valence electrons. The molecule has 2 N–H and O–H groups in total. The van der Waals surface area contributed by atoms with Gasteiger partial charge in [-0.05, 0) is 42.8 Å². The minimum absolute atomic E-state index is 0.358. The molecule has 0 amide bonds. The second-order valence-corrected chi connectivity index (χ2v) is 6.68. The molecule has 0 unspecified atom stereocenters. The van der Waals surface area contributed by atoms with Crippen LogP contribution < -0.4 is 5.73 Å². The number of benzene rings is 1. The molecule has 0 bridgehead atoms. The summed E-state index contributed by atoms with van der Waals surface area (Å²) in [4.78, 5) is 2.57. The van der Waals surface area contributed by atoms with Gasteiger partial charge in [0.25, 0.3) is 0 Å². The summed E-state index contributed by atoms with van der Waals surface area (Å²) in [6.45, 7) is 8.79. The molecule has 20 heavy (non-hydrogen) atoms. The van der Waals surface area contributed by atoms with Crippen LogP contribution in [0.2, 0.25) is 0 Å². The van der Waals surface area contributed by atoms with Gasteiger partial charge in [-0.2, -0.15) is 0 Å². The van der Waals surface area contributed by atoms with Crippen molar-refractivity contribution in [2.24, 2.45) is 17.1 Å². The van der Waals surface area contributed by atoms with E-state index in [1.807, 2.05) is 0 Å². The van der Waals surface area contributed by atoms with E-state index < -0.39 is 0 Å². The molecule has 0 aromatic heterocycles. The highest BCUT2D eigenvalue weighted by Crippen LogP contribution is 2.38. The highest BCUT2D eigenvalue weighted by atomic mass is 15.1. The molecule has 1 fully saturated rings. The topological polar surface area (TPSA) is 29.3 Å². The van der Waals surface area contributed by atoms with Gasteiger partial charge in [0.1, 0.15) is 0 Å². The maximum Gasteiger partial charge on any atom is 0.0233 e. The van der Waals surface area contributed by atoms with Crippen LogP contribution in [0.4, 0.5) is 0 Å². The van der Waals surface area contributed by atoms with Crippen molar-refractivity contribution in [1.82, 2.24) is 4.90 Å². The Bertz CT molecular complexity index is 380. The van der Waals surface area contributed by atoms with Gasteiger partial charge in [-0.3, -0.25) is 4.90 Å². The molecular formula is C18H30N2. The molecule has 1 aromatic carbocycles. The number of nitrogens with two attached hydrogens (primary N) is 1. The number of nitrogens with zero attached hydrogens (tertiary/aromatic N) is 1. The fraction of sp³-hybridized carbons (Fsp3) is 0.667. The van der Waals surface area contributed by atoms with E-state index in [0.29, 0.717) is 5.41 Å². The number of hydrogen-bond acceptors (Lipinski definition) is 2. The van der Waals surface area contributed by atoms with Gasteiger partial charge in [0.15, 0.2) is 0 Å². The number of rotatable bonds is 6. The molecule has 1 aliphatic rings. The summed E-state index contributed by atoms with van der Waals surface area (Å²) < 4.78 is 0. The molecule has 1 saturated carbocycles. The van der Waals surface area contributed by atoms with E-state index >= 15 is 0 Å². The van der Waals surface area contributed by atoms with Gasteiger partial charge in [0.05, 0.1) is 0 Å². The average Bonchev–Trinajstić information content (AvgIpc) is 2.50. The van der Waals surface area contributed by atoms with Gasteiger partial charge in [-0.1, -0.05) is 57.0 Å². The highest BCUT2D eigenvalue weighted by molar-refractivity contribution is 5.14. The molecule has 0 radical (unpaired) electrons. The molecule has 1 aromatic rings. The Labute approximate surface area is 124 Å². The van der Waals surface area contributed by atoms with Gasteiger partial charge in [-0.25, -0.2) is 0 Å². The standard InChI is InChI=1S/C18H30N2/c1-3-20(13-17-7-5-4-6-8-17)15-18(14-19)11-9-16(2)10-12-18/h4-8,16H,3,9-15,19H2,1-2H3. The Morgan fingerprint density at radius 3 is 2.40 bits per heavy atom. The smallest absolute Gasteiger partial charge is 0.0233 e. The Hall–Kier alpha value is -0.860. The van der Waals surface area contributed by atoms with Crippen LogP contribution in [0, 0.1) is 11.3 Å². The zero-order valence-electron chi connectivity index (χ0n) is 13.1. The summed E-state index contributed by atoms with van der Waals surface area (Å²) in [5, 5.41) is 0. The molecule has 2 nitrogen and oxygen atoms in total. The van der Waals surface area contributed by atoms with Crippen molar-refractivity contribution in [1.29, 1.82) is 0 Å². The van der Waals surface area contributed by atoms with Crippen molar-refractivity contribution in [3.63, 3.8) is 0 Å². The van der Waals surface area contributed by atoms with Crippen molar-refractivity contribution in [3.05, 3.63) is 35.9 Å². The normalized spacial score (nSPS) is 26.9. The van der Waals surface area contributed by atoms with Crippen LogP contribution in [-0.4, -0.2) is 24.5 Å². The van der Waals surface area contributed by atoms with Gasteiger partial charge < -0.3 is 5.73 Å². The third kappa shape index (κ3) is 4.07. The Morgan fingerprint density at radius 2 is 1.85 bits per heavy atom. The van der Waals surface area contributed by atoms with Crippen LogP contribution in [0.5, 0.6) is 0 Å². The maximum absolute atomic E-state index is 6.15. The van der Waals surface area contributed by atoms with Crippen molar-refractivity contribution in [2.45, 2.75) is 46.1 Å². The molecular weight excluding hydrogens is 244 g/mol. The highest BCUT2D eigenvalue weighted by Gasteiger charge is 2.34. The monoisotopic (exact) mass is 274 g/mol. The molecule has 0 saturated heterocycles. The van der Waals surface area contributed by atoms with Crippen LogP contribution in [0.25, 0.3) is 0 Å². The lowest BCUT2D eigenvalue weighted by molar-refractivity contribution is 0.0937. The lowest BCUT2D eigenvalue weighted by atomic mass is 9.70. The first kappa shape index (κ1) is 15.5. The zero-order chi connectivity index (χ0) is 14.4. The lowest BCUT2D eigenvalue weighted by Crippen LogP contribution is -2.44. The Morgan fingerprint density at radius 1 is 1.20 bits per heavy atom. The first-order valence-electron chi connectivity index (χ1n) is 8.14. The molecule has 0 aliphatic heterocycles. The molecule has 0 atom stereocenters. The van der Waals surface area contributed by atoms with Gasteiger partial charge in [0.2, 0.25) is 0 Å². The number of hydrogen-bond donors (Lipinski definition) is 1. The largest absolute Gasteiger partial charge is 0.330 e. The van der Waals surface area contributed by atoms with Crippen molar-refractivity contribution < 1.29 is 0 Å². The van der Waals surface area contributed by atoms with E-state index in [1.54, 1.807) is 0 Å². The predicted octanol–water partition coefficient (Wildman–Crippen LogP) is 3.66. The van der Waals surface area contributed by atoms with Crippen LogP contribution in [-0.2, 0) is 6.54 Å². The van der Waals surface area contributed by atoms with E-state index in [1.165, 1.54) is 31.2 Å². The van der Waals surface area contributed by atoms with Gasteiger partial charge in [0, 0.05) is 13.1 Å². The minimum Gasteiger partial charge on any atom is -0.330 e. The van der Waals surface area contributed by atoms with Gasteiger partial charge in [-0.15, -0.1) is 0 Å². The fourth-order valence-corrected chi connectivity index (χ4v) is 3.40. The zero-order valence-corrected chi connectivity index (χ0v) is 13.1. The first-order valence-corrected chi connectivity index (χ1v) is 8.14. The molecule has 2 rings (SSSR count). The van der Waals surface area contributed by atoms with E-state index in [-0.39, 0.29) is 0 Å². The fourth-order valence-electron chi connectivity index (χ4n) is 3.40. The Balaban J connectivity index is 1.97. The van der Waals surface area contributed by atoms with E-state index in [2.05, 4.69) is 49.1 Å². The summed E-state index contributed by atoms with van der Waals surface area (Å²) in [5.74, 6) is 0.888. The van der Waals surface area contributed by atoms with Crippen molar-refractivity contribution >= 4 is 0 Å². The third-order valence-corrected chi connectivity index (χ3v) is 5.02. The SMILES string of the molecule is CCN(Cc1ccccc1)CC1(CN)CCC(C)CC1. The van der Waals surface area contributed by atoms with Crippen LogP contribution in [0.3, 0.4) is 0 Å². The van der Waals surface area contributed by atoms with Gasteiger partial charge >= 0.3 is 0 Å². The van der Waals surface area contributed by atoms with Crippen molar-refractivity contribution in [2.75, 3.05) is 19.6 Å². The molecule has 0 spiro atoms. The predicted molar refractivity (Wildman–Crippen MR) is 86.5 cm³/mol. The summed E-state index contributed by atoms with van der Waals surface area (Å²) >= 11 is 0.